The lowest BCUT2D eigenvalue weighted by molar-refractivity contribution is 0.432. The molecule has 3 rings (SSSR count). The average Bonchev–Trinajstić information content (AvgIpc) is 2.71. The average molecular weight is 319 g/mol. The first kappa shape index (κ1) is 16.3. The predicted octanol–water partition coefficient (Wildman–Crippen LogP) is 5.47. The van der Waals surface area contributed by atoms with Gasteiger partial charge in [-0.05, 0) is 71.4 Å². The van der Waals surface area contributed by atoms with E-state index in [9.17, 15) is 9.90 Å². The van der Waals surface area contributed by atoms with E-state index < -0.39 is 0 Å². The largest absolute Gasteiger partial charge is 0.500 e. The molecule has 0 bridgehead atoms. The van der Waals surface area contributed by atoms with Gasteiger partial charge < -0.3 is 5.11 Å². The van der Waals surface area contributed by atoms with Gasteiger partial charge in [0.15, 0.2) is 0 Å². The summed E-state index contributed by atoms with van der Waals surface area (Å²) >= 11 is 0. The summed E-state index contributed by atoms with van der Waals surface area (Å²) in [6.45, 7) is 8.64. The Balaban J connectivity index is 2.18. The third-order valence-corrected chi connectivity index (χ3v) is 4.61. The molecule has 0 aliphatic heterocycles. The van der Waals surface area contributed by atoms with E-state index >= 15 is 0 Å². The van der Waals surface area contributed by atoms with Gasteiger partial charge in [0.1, 0.15) is 0 Å². The van der Waals surface area contributed by atoms with Crippen molar-refractivity contribution in [2.45, 2.75) is 33.6 Å². The van der Waals surface area contributed by atoms with Crippen LogP contribution in [-0.4, -0.2) is 15.7 Å². The highest BCUT2D eigenvalue weighted by Gasteiger charge is 2.23. The molecular formula is C22H23O2+. The highest BCUT2D eigenvalue weighted by atomic mass is 16.3. The molecule has 0 aromatic heterocycles. The van der Waals surface area contributed by atoms with Gasteiger partial charge in [0.2, 0.25) is 5.76 Å². The van der Waals surface area contributed by atoms with Crippen LogP contribution in [0, 0.1) is 13.8 Å². The van der Waals surface area contributed by atoms with Gasteiger partial charge in [-0.3, -0.25) is 4.79 Å². The minimum absolute atomic E-state index is 0.0784. The van der Waals surface area contributed by atoms with Crippen LogP contribution >= 0.6 is 0 Å². The number of allylic oxidation sites excluding steroid dienone is 4. The molecule has 0 saturated heterocycles. The fourth-order valence-electron chi connectivity index (χ4n) is 3.19. The topological polar surface area (TPSA) is 41.6 Å². The van der Waals surface area contributed by atoms with Crippen LogP contribution < -0.4 is 0 Å². The smallest absolute Gasteiger partial charge is 0.388 e. The number of aliphatic hydroxyl groups excluding tert-OH is 1. The first-order valence-electron chi connectivity index (χ1n) is 8.28. The number of carbonyl (C=O) groups excluding carboxylic acids is 1. The van der Waals surface area contributed by atoms with Gasteiger partial charge in [0.05, 0.1) is 5.57 Å². The zero-order valence-corrected chi connectivity index (χ0v) is 14.6. The van der Waals surface area contributed by atoms with Gasteiger partial charge in [-0.25, -0.2) is 0 Å². The van der Waals surface area contributed by atoms with Crippen molar-refractivity contribution < 1.29 is 9.90 Å². The fourth-order valence-corrected chi connectivity index (χ4v) is 3.19. The third-order valence-electron chi connectivity index (χ3n) is 4.61. The van der Waals surface area contributed by atoms with E-state index in [4.69, 9.17) is 0 Å². The standard InChI is InChI=1S/C22H22O2/c1-13(2)16-9-8-14(3)21-18(10-15(4)19(21)12-16)11-17-6-5-7-20(23)22(17)24/h5-13,23H,1-4H3/p+1. The lowest BCUT2D eigenvalue weighted by atomic mass is 9.98. The molecule has 0 heterocycles. The predicted molar refractivity (Wildman–Crippen MR) is 101 cm³/mol. The minimum atomic E-state index is -0.0966. The number of ketones is 1. The van der Waals surface area contributed by atoms with E-state index in [1.165, 1.54) is 33.9 Å². The SMILES string of the molecule is Cc1cc(C=C2C=CC=C(O)C2=[OH+])c2c(C)ccc(C(C)C)cc1-2. The normalized spacial score (nSPS) is 16.3. The van der Waals surface area contributed by atoms with E-state index in [1.807, 2.05) is 6.08 Å². The number of rotatable bonds is 2. The number of fused-ring (bicyclic) bond motifs is 1. The van der Waals surface area contributed by atoms with E-state index in [-0.39, 0.29) is 11.5 Å². The lowest BCUT2D eigenvalue weighted by Crippen LogP contribution is -2.07. The maximum absolute atomic E-state index is 10.1. The molecule has 0 aromatic carbocycles. The monoisotopic (exact) mass is 319 g/mol. The Bertz CT molecular complexity index is 879. The quantitative estimate of drug-likeness (QED) is 0.578. The maximum atomic E-state index is 10.1. The van der Waals surface area contributed by atoms with Crippen LogP contribution in [0.25, 0.3) is 17.2 Å². The second kappa shape index (κ2) is 6.12. The Morgan fingerprint density at radius 1 is 1.08 bits per heavy atom. The molecule has 0 amide bonds. The first-order valence-corrected chi connectivity index (χ1v) is 8.28. The van der Waals surface area contributed by atoms with E-state index in [2.05, 4.69) is 52.0 Å². The summed E-state index contributed by atoms with van der Waals surface area (Å²) in [5, 5.41) is 9.72. The zero-order valence-electron chi connectivity index (χ0n) is 14.6. The molecule has 0 saturated carbocycles. The summed E-state index contributed by atoms with van der Waals surface area (Å²) < 4.78 is 0. The van der Waals surface area contributed by atoms with Crippen LogP contribution in [0.1, 0.15) is 42.0 Å². The second-order valence-corrected chi connectivity index (χ2v) is 6.75. The van der Waals surface area contributed by atoms with Crippen molar-refractivity contribution in [3.8, 4) is 11.1 Å². The van der Waals surface area contributed by atoms with E-state index in [0.717, 1.165) is 5.56 Å². The number of aryl methyl sites for hydroxylation is 2. The van der Waals surface area contributed by atoms with Crippen molar-refractivity contribution in [3.63, 3.8) is 0 Å². The molecule has 0 radical (unpaired) electrons. The molecular weight excluding hydrogens is 296 g/mol. The Hall–Kier alpha value is -2.61. The molecule has 0 spiro atoms. The van der Waals surface area contributed by atoms with Crippen molar-refractivity contribution in [2.75, 3.05) is 0 Å². The Morgan fingerprint density at radius 3 is 2.54 bits per heavy atom. The maximum Gasteiger partial charge on any atom is 0.388 e. The van der Waals surface area contributed by atoms with Crippen molar-refractivity contribution in [1.82, 2.24) is 0 Å². The molecule has 3 aliphatic carbocycles. The van der Waals surface area contributed by atoms with Gasteiger partial charge in [-0.2, -0.15) is 0 Å². The molecule has 0 fully saturated rings. The van der Waals surface area contributed by atoms with E-state index in [1.54, 1.807) is 12.2 Å². The van der Waals surface area contributed by atoms with Crippen LogP contribution in [0.4, 0.5) is 0 Å². The number of hydrogen-bond acceptors (Lipinski definition) is 1. The van der Waals surface area contributed by atoms with Crippen molar-refractivity contribution >= 4 is 11.9 Å². The summed E-state index contributed by atoms with van der Waals surface area (Å²) in [7, 11) is 0. The highest BCUT2D eigenvalue weighted by molar-refractivity contribution is 6.13. The summed E-state index contributed by atoms with van der Waals surface area (Å²) in [5.41, 5.74) is 7.86. The third kappa shape index (κ3) is 2.80. The van der Waals surface area contributed by atoms with Crippen LogP contribution in [0.2, 0.25) is 0 Å². The molecule has 3 aliphatic rings. The van der Waals surface area contributed by atoms with Gasteiger partial charge >= 0.3 is 5.78 Å². The Morgan fingerprint density at radius 2 is 1.83 bits per heavy atom. The lowest BCUT2D eigenvalue weighted by Gasteiger charge is -2.05. The number of hydrogen-bond donors (Lipinski definition) is 1. The highest BCUT2D eigenvalue weighted by Crippen LogP contribution is 2.37. The molecule has 0 aromatic rings. The van der Waals surface area contributed by atoms with Crippen LogP contribution in [-0.2, 0) is 0 Å². The van der Waals surface area contributed by atoms with Crippen LogP contribution in [0.3, 0.4) is 0 Å². The van der Waals surface area contributed by atoms with Crippen LogP contribution in [0.15, 0.2) is 53.8 Å². The second-order valence-electron chi connectivity index (χ2n) is 6.75. The van der Waals surface area contributed by atoms with Gasteiger partial charge in [0, 0.05) is 0 Å². The summed E-state index contributed by atoms with van der Waals surface area (Å²) in [6, 6.07) is 8.76. The summed E-state index contributed by atoms with van der Waals surface area (Å²) in [6.07, 6.45) is 6.97. The molecule has 2 N–H and O–H groups in total. The molecule has 2 heteroatoms. The molecule has 122 valence electrons. The molecule has 0 atom stereocenters. The Kier molecular flexibility index (Phi) is 4.15. The summed E-state index contributed by atoms with van der Waals surface area (Å²) in [4.78, 5) is 10.1. The first-order chi connectivity index (χ1) is 11.4. The van der Waals surface area contributed by atoms with Gasteiger partial charge in [-0.1, -0.05) is 44.2 Å². The van der Waals surface area contributed by atoms with Crippen LogP contribution in [0.5, 0.6) is 0 Å². The van der Waals surface area contributed by atoms with Crippen molar-refractivity contribution in [1.29, 1.82) is 0 Å². The minimum Gasteiger partial charge on any atom is -0.500 e. The van der Waals surface area contributed by atoms with E-state index in [0.29, 0.717) is 11.5 Å². The molecule has 24 heavy (non-hydrogen) atoms. The molecule has 0 unspecified atom stereocenters. The van der Waals surface area contributed by atoms with Crippen molar-refractivity contribution in [2.24, 2.45) is 0 Å². The Labute approximate surface area is 143 Å². The fraction of sp³-hybridized carbons (Fsp3) is 0.227. The van der Waals surface area contributed by atoms with Gasteiger partial charge in [0.25, 0.3) is 0 Å². The summed E-state index contributed by atoms with van der Waals surface area (Å²) in [5.74, 6) is 0.294. The molecule has 2 nitrogen and oxygen atoms in total. The van der Waals surface area contributed by atoms with Gasteiger partial charge in [-0.15, -0.1) is 0 Å². The van der Waals surface area contributed by atoms with Crippen molar-refractivity contribution in [3.05, 3.63) is 76.1 Å². The number of aliphatic hydroxyl groups is 1. The zero-order chi connectivity index (χ0) is 17.4.